The molecule has 1 amide bonds. The summed E-state index contributed by atoms with van der Waals surface area (Å²) in [5, 5.41) is 2.57. The Morgan fingerprint density at radius 3 is 2.74 bits per heavy atom. The van der Waals surface area contributed by atoms with Gasteiger partial charge >= 0.3 is 0 Å². The van der Waals surface area contributed by atoms with E-state index in [0.29, 0.717) is 5.56 Å². The molecule has 0 saturated carbocycles. The lowest BCUT2D eigenvalue weighted by Gasteiger charge is -2.31. The summed E-state index contributed by atoms with van der Waals surface area (Å²) in [5.74, 6) is -2.40. The van der Waals surface area contributed by atoms with Crippen molar-refractivity contribution < 1.29 is 13.6 Å². The van der Waals surface area contributed by atoms with Gasteiger partial charge in [0.25, 0.3) is 5.91 Å². The maximum absolute atomic E-state index is 13.3. The zero-order valence-corrected chi connectivity index (χ0v) is 14.5. The number of pyridine rings is 1. The quantitative estimate of drug-likeness (QED) is 0.732. The molecule has 0 bridgehead atoms. The fourth-order valence-electron chi connectivity index (χ4n) is 3.28. The van der Waals surface area contributed by atoms with E-state index >= 15 is 0 Å². The fraction of sp³-hybridized carbons (Fsp3) is 0.143. The Bertz CT molecular complexity index is 1010. The van der Waals surface area contributed by atoms with E-state index in [2.05, 4.69) is 27.3 Å². The molecule has 0 saturated heterocycles. The molecule has 3 aromatic rings. The second-order valence-corrected chi connectivity index (χ2v) is 6.40. The number of amides is 1. The Hall–Kier alpha value is -3.28. The number of rotatable bonds is 3. The smallest absolute Gasteiger partial charge is 0.257 e. The third-order valence-electron chi connectivity index (χ3n) is 4.59. The number of aryl methyl sites for hydroxylation is 1. The van der Waals surface area contributed by atoms with Crippen LogP contribution in [0.4, 0.5) is 25.8 Å². The van der Waals surface area contributed by atoms with E-state index in [-0.39, 0.29) is 5.69 Å². The minimum Gasteiger partial charge on any atom is -0.340 e. The van der Waals surface area contributed by atoms with E-state index in [1.165, 1.54) is 17.8 Å². The van der Waals surface area contributed by atoms with Crippen LogP contribution in [0.3, 0.4) is 0 Å². The summed E-state index contributed by atoms with van der Waals surface area (Å²) in [5.41, 5.74) is 3.73. The van der Waals surface area contributed by atoms with E-state index in [1.54, 1.807) is 12.3 Å². The van der Waals surface area contributed by atoms with Crippen LogP contribution in [0, 0.1) is 11.6 Å². The molecule has 4 rings (SSSR count). The molecule has 1 aromatic heterocycles. The van der Waals surface area contributed by atoms with Gasteiger partial charge in [0.2, 0.25) is 0 Å². The molecule has 2 heterocycles. The molecule has 2 aromatic carbocycles. The van der Waals surface area contributed by atoms with Crippen LogP contribution in [0.15, 0.2) is 60.9 Å². The second kappa shape index (κ2) is 7.15. The molecule has 0 unspecified atom stereocenters. The Balaban J connectivity index is 1.59. The number of fused-ring (bicyclic) bond motifs is 1. The number of hydrogen-bond acceptors (Lipinski definition) is 3. The lowest BCUT2D eigenvalue weighted by atomic mass is 10.0. The van der Waals surface area contributed by atoms with Crippen molar-refractivity contribution in [3.63, 3.8) is 0 Å². The Labute approximate surface area is 155 Å². The summed E-state index contributed by atoms with van der Waals surface area (Å²) >= 11 is 0. The molecule has 1 aliphatic heterocycles. The number of carbonyl (C=O) groups is 1. The van der Waals surface area contributed by atoms with Gasteiger partial charge in [0, 0.05) is 30.2 Å². The van der Waals surface area contributed by atoms with Gasteiger partial charge < -0.3 is 10.2 Å². The summed E-state index contributed by atoms with van der Waals surface area (Å²) in [4.78, 5) is 18.8. The topological polar surface area (TPSA) is 45.2 Å². The highest BCUT2D eigenvalue weighted by Gasteiger charge is 2.19. The predicted molar refractivity (Wildman–Crippen MR) is 100 cm³/mol. The molecule has 136 valence electrons. The normalized spacial score (nSPS) is 13.2. The molecular weight excluding hydrogens is 348 g/mol. The third-order valence-corrected chi connectivity index (χ3v) is 4.59. The first-order valence-electron chi connectivity index (χ1n) is 8.69. The molecular formula is C21H17F2N3O. The van der Waals surface area contributed by atoms with Gasteiger partial charge in [-0.25, -0.2) is 8.78 Å². The van der Waals surface area contributed by atoms with Crippen molar-refractivity contribution in [2.45, 2.75) is 12.8 Å². The number of nitrogens with zero attached hydrogens (tertiary/aromatic N) is 2. The number of aromatic nitrogens is 1. The molecule has 4 nitrogen and oxygen atoms in total. The van der Waals surface area contributed by atoms with Gasteiger partial charge in [0.05, 0.1) is 17.4 Å². The zero-order valence-electron chi connectivity index (χ0n) is 14.5. The Morgan fingerprint density at radius 1 is 1.04 bits per heavy atom. The Kier molecular flexibility index (Phi) is 4.54. The maximum Gasteiger partial charge on any atom is 0.257 e. The third kappa shape index (κ3) is 3.51. The van der Waals surface area contributed by atoms with Gasteiger partial charge in [0.1, 0.15) is 0 Å². The number of hydrogen-bond donors (Lipinski definition) is 1. The fourth-order valence-corrected chi connectivity index (χ4v) is 3.28. The maximum atomic E-state index is 13.3. The molecule has 0 atom stereocenters. The first-order chi connectivity index (χ1) is 13.1. The summed E-state index contributed by atoms with van der Waals surface area (Å²) < 4.78 is 26.4. The minimum absolute atomic E-state index is 0.188. The number of nitrogens with one attached hydrogen (secondary N) is 1. The lowest BCUT2D eigenvalue weighted by molar-refractivity contribution is 0.102. The van der Waals surface area contributed by atoms with Crippen LogP contribution in [-0.2, 0) is 6.42 Å². The van der Waals surface area contributed by atoms with Crippen molar-refractivity contribution in [2.24, 2.45) is 0 Å². The van der Waals surface area contributed by atoms with Gasteiger partial charge in [-0.3, -0.25) is 9.78 Å². The molecule has 27 heavy (non-hydrogen) atoms. The Morgan fingerprint density at radius 2 is 1.89 bits per heavy atom. The summed E-state index contributed by atoms with van der Waals surface area (Å²) in [7, 11) is 0. The van der Waals surface area contributed by atoms with Crippen LogP contribution in [0.2, 0.25) is 0 Å². The van der Waals surface area contributed by atoms with Crippen molar-refractivity contribution in [3.8, 4) is 0 Å². The van der Waals surface area contributed by atoms with Crippen LogP contribution in [0.1, 0.15) is 22.3 Å². The number of halogens is 2. The largest absolute Gasteiger partial charge is 0.340 e. The van der Waals surface area contributed by atoms with Crippen molar-refractivity contribution in [2.75, 3.05) is 16.8 Å². The van der Waals surface area contributed by atoms with Crippen LogP contribution >= 0.6 is 0 Å². The molecule has 1 N–H and O–H groups in total. The van der Waals surface area contributed by atoms with Crippen molar-refractivity contribution >= 4 is 23.0 Å². The summed E-state index contributed by atoms with van der Waals surface area (Å²) in [6.07, 6.45) is 5.21. The SMILES string of the molecule is O=C(Nc1ccc(F)c(F)c1)c1cncc(N2CCCc3ccccc32)c1. The standard InChI is InChI=1S/C21H17F2N3O/c22-18-8-7-16(11-19(18)23)25-21(27)15-10-17(13-24-12-15)26-9-3-5-14-4-1-2-6-20(14)26/h1-2,4,6-8,10-13H,3,5,9H2,(H,25,27). The lowest BCUT2D eigenvalue weighted by Crippen LogP contribution is -2.25. The zero-order chi connectivity index (χ0) is 18.8. The van der Waals surface area contributed by atoms with Crippen molar-refractivity contribution in [3.05, 3.63) is 83.7 Å². The van der Waals surface area contributed by atoms with E-state index in [1.807, 2.05) is 12.1 Å². The molecule has 6 heteroatoms. The van der Waals surface area contributed by atoms with E-state index in [9.17, 15) is 13.6 Å². The van der Waals surface area contributed by atoms with E-state index < -0.39 is 17.5 Å². The minimum atomic E-state index is -1.01. The van der Waals surface area contributed by atoms with Crippen LogP contribution < -0.4 is 10.2 Å². The number of carbonyl (C=O) groups excluding carboxylic acids is 1. The number of para-hydroxylation sites is 1. The monoisotopic (exact) mass is 365 g/mol. The van der Waals surface area contributed by atoms with Crippen LogP contribution in [0.25, 0.3) is 0 Å². The summed E-state index contributed by atoms with van der Waals surface area (Å²) in [6, 6.07) is 13.2. The van der Waals surface area contributed by atoms with Gasteiger partial charge in [0.15, 0.2) is 11.6 Å². The summed E-state index contributed by atoms with van der Waals surface area (Å²) in [6.45, 7) is 0.840. The average Bonchev–Trinajstić information content (AvgIpc) is 2.70. The highest BCUT2D eigenvalue weighted by molar-refractivity contribution is 6.04. The highest BCUT2D eigenvalue weighted by Crippen LogP contribution is 2.33. The first kappa shape index (κ1) is 17.1. The van der Waals surface area contributed by atoms with Crippen molar-refractivity contribution in [1.29, 1.82) is 0 Å². The van der Waals surface area contributed by atoms with E-state index in [4.69, 9.17) is 0 Å². The molecule has 0 spiro atoms. The number of benzene rings is 2. The number of anilines is 3. The van der Waals surface area contributed by atoms with Gasteiger partial charge in [-0.15, -0.1) is 0 Å². The van der Waals surface area contributed by atoms with E-state index in [0.717, 1.165) is 42.9 Å². The molecule has 0 radical (unpaired) electrons. The first-order valence-corrected chi connectivity index (χ1v) is 8.69. The van der Waals surface area contributed by atoms with Crippen LogP contribution in [0.5, 0.6) is 0 Å². The highest BCUT2D eigenvalue weighted by atomic mass is 19.2. The van der Waals surface area contributed by atoms with Crippen molar-refractivity contribution in [1.82, 2.24) is 4.98 Å². The van der Waals surface area contributed by atoms with Gasteiger partial charge in [-0.05, 0) is 42.7 Å². The predicted octanol–water partition coefficient (Wildman–Crippen LogP) is 4.70. The average molecular weight is 365 g/mol. The molecule has 0 fully saturated rings. The van der Waals surface area contributed by atoms with Crippen LogP contribution in [-0.4, -0.2) is 17.4 Å². The van der Waals surface area contributed by atoms with Gasteiger partial charge in [-0.1, -0.05) is 18.2 Å². The second-order valence-electron chi connectivity index (χ2n) is 6.40. The van der Waals surface area contributed by atoms with Gasteiger partial charge in [-0.2, -0.15) is 0 Å². The molecule has 1 aliphatic rings. The molecule has 0 aliphatic carbocycles.